The number of benzene rings is 1. The molecule has 0 N–H and O–H groups in total. The van der Waals surface area contributed by atoms with Crippen LogP contribution in [0.4, 0.5) is 9.18 Å². The van der Waals surface area contributed by atoms with Gasteiger partial charge in [0.05, 0.1) is 29.5 Å². The molecule has 178 valence electrons. The lowest BCUT2D eigenvalue weighted by Gasteiger charge is -2.32. The minimum atomic E-state index is -1.09. The summed E-state index contributed by atoms with van der Waals surface area (Å²) < 4.78 is 32.0. The third-order valence-electron chi connectivity index (χ3n) is 6.42. The van der Waals surface area contributed by atoms with Gasteiger partial charge in [0.1, 0.15) is 16.8 Å². The molecule has 0 bridgehead atoms. The van der Waals surface area contributed by atoms with Crippen molar-refractivity contribution in [1.82, 2.24) is 9.88 Å². The number of thiazole rings is 1. The summed E-state index contributed by atoms with van der Waals surface area (Å²) in [5.74, 6) is 0. The second-order valence-electron chi connectivity index (χ2n) is 10.8. The number of nitrogens with zero attached hydrogens (tertiary/aromatic N) is 2. The van der Waals surface area contributed by atoms with E-state index in [1.807, 2.05) is 57.3 Å². The van der Waals surface area contributed by atoms with E-state index in [-0.39, 0.29) is 13.0 Å². The lowest BCUT2D eigenvalue weighted by molar-refractivity contribution is 0.00578. The van der Waals surface area contributed by atoms with Crippen molar-refractivity contribution < 1.29 is 23.2 Å². The van der Waals surface area contributed by atoms with Crippen LogP contribution in [0.5, 0.6) is 0 Å². The molecule has 0 aliphatic carbocycles. The van der Waals surface area contributed by atoms with Crippen LogP contribution in [0.15, 0.2) is 29.6 Å². The van der Waals surface area contributed by atoms with Crippen LogP contribution in [-0.2, 0) is 14.0 Å². The van der Waals surface area contributed by atoms with Crippen molar-refractivity contribution in [3.63, 3.8) is 0 Å². The normalized spacial score (nSPS) is 24.4. The van der Waals surface area contributed by atoms with E-state index < -0.39 is 42.2 Å². The van der Waals surface area contributed by atoms with Crippen LogP contribution in [0.25, 0.3) is 11.3 Å². The van der Waals surface area contributed by atoms with Gasteiger partial charge >= 0.3 is 13.2 Å². The van der Waals surface area contributed by atoms with E-state index in [0.717, 1.165) is 16.7 Å². The van der Waals surface area contributed by atoms with E-state index >= 15 is 0 Å². The molecule has 9 heteroatoms. The first kappa shape index (κ1) is 24.2. The molecule has 0 radical (unpaired) electrons. The smallest absolute Gasteiger partial charge is 0.444 e. The first-order valence-corrected chi connectivity index (χ1v) is 12.2. The van der Waals surface area contributed by atoms with Crippen molar-refractivity contribution in [2.75, 3.05) is 6.54 Å². The van der Waals surface area contributed by atoms with Gasteiger partial charge < -0.3 is 14.0 Å². The molecule has 0 saturated carbocycles. The van der Waals surface area contributed by atoms with E-state index in [2.05, 4.69) is 0 Å². The number of carbonyl (C=O) groups is 1. The standard InChI is InChI=1S/C24H32BFN2O4S/c1-22(2,3)30-21(29)28-13-17(26)12-19(28)20-27-18(14-33-20)15-8-10-16(11-9-15)25-31-23(4,5)24(6,7)32-25/h8-11,14,17,19H,12-13H2,1-7H3/t17-,19+/m1/s1. The largest absolute Gasteiger partial charge is 0.494 e. The highest BCUT2D eigenvalue weighted by Gasteiger charge is 2.51. The number of aromatic nitrogens is 1. The molecule has 2 aromatic rings. The van der Waals surface area contributed by atoms with Crippen molar-refractivity contribution >= 4 is 30.0 Å². The lowest BCUT2D eigenvalue weighted by Crippen LogP contribution is -2.41. The maximum Gasteiger partial charge on any atom is 0.494 e. The predicted molar refractivity (Wildman–Crippen MR) is 128 cm³/mol. The Labute approximate surface area is 199 Å². The topological polar surface area (TPSA) is 60.9 Å². The number of halogens is 1. The predicted octanol–water partition coefficient (Wildman–Crippen LogP) is 5.13. The van der Waals surface area contributed by atoms with Crippen LogP contribution in [-0.4, -0.2) is 52.6 Å². The summed E-state index contributed by atoms with van der Waals surface area (Å²) in [5.41, 5.74) is 1.26. The number of likely N-dealkylation sites (tertiary alicyclic amines) is 1. The number of ether oxygens (including phenoxy) is 1. The number of carbonyl (C=O) groups excluding carboxylic acids is 1. The fraction of sp³-hybridized carbons (Fsp3) is 0.583. The van der Waals surface area contributed by atoms with Gasteiger partial charge in [-0.15, -0.1) is 11.3 Å². The molecular formula is C24H32BFN2O4S. The highest BCUT2D eigenvalue weighted by Crippen LogP contribution is 2.38. The van der Waals surface area contributed by atoms with Crippen molar-refractivity contribution in [2.24, 2.45) is 0 Å². The highest BCUT2D eigenvalue weighted by molar-refractivity contribution is 7.10. The maximum absolute atomic E-state index is 14.2. The fourth-order valence-corrected chi connectivity index (χ4v) is 4.86. The highest BCUT2D eigenvalue weighted by atomic mass is 32.1. The Hall–Kier alpha value is -1.97. The molecule has 2 aliphatic rings. The molecule has 1 aromatic heterocycles. The van der Waals surface area contributed by atoms with Gasteiger partial charge in [-0.1, -0.05) is 24.3 Å². The van der Waals surface area contributed by atoms with E-state index in [1.165, 1.54) is 16.2 Å². The summed E-state index contributed by atoms with van der Waals surface area (Å²) in [4.78, 5) is 18.8. The number of hydrogen-bond donors (Lipinski definition) is 0. The SMILES string of the molecule is CC(C)(C)OC(=O)N1C[C@H](F)C[C@H]1c1nc(-c2ccc(B3OC(C)(C)C(C)(C)O3)cc2)cs1. The third kappa shape index (κ3) is 4.95. The fourth-order valence-electron chi connectivity index (χ4n) is 3.90. The minimum absolute atomic E-state index is 0.0251. The Balaban J connectivity index is 1.50. The monoisotopic (exact) mass is 474 g/mol. The number of hydrogen-bond acceptors (Lipinski definition) is 6. The second kappa shape index (κ2) is 8.36. The van der Waals surface area contributed by atoms with Gasteiger partial charge in [0.2, 0.25) is 0 Å². The Morgan fingerprint density at radius 1 is 1.18 bits per heavy atom. The van der Waals surface area contributed by atoms with Crippen LogP contribution in [0.3, 0.4) is 0 Å². The Morgan fingerprint density at radius 3 is 2.36 bits per heavy atom. The van der Waals surface area contributed by atoms with Gasteiger partial charge in [0, 0.05) is 17.4 Å². The molecule has 1 aromatic carbocycles. The average molecular weight is 474 g/mol. The molecule has 1 amide bonds. The van der Waals surface area contributed by atoms with Crippen LogP contribution in [0, 0.1) is 0 Å². The zero-order valence-corrected chi connectivity index (χ0v) is 21.2. The third-order valence-corrected chi connectivity index (χ3v) is 7.36. The molecule has 3 heterocycles. The first-order chi connectivity index (χ1) is 15.3. The van der Waals surface area contributed by atoms with Gasteiger partial charge in [-0.2, -0.15) is 0 Å². The van der Waals surface area contributed by atoms with Gasteiger partial charge in [-0.05, 0) is 53.9 Å². The van der Waals surface area contributed by atoms with E-state index in [9.17, 15) is 9.18 Å². The van der Waals surface area contributed by atoms with Crippen LogP contribution < -0.4 is 5.46 Å². The summed E-state index contributed by atoms with van der Waals surface area (Å²) in [6, 6.07) is 7.51. The quantitative estimate of drug-likeness (QED) is 0.578. The Morgan fingerprint density at radius 2 is 1.79 bits per heavy atom. The zero-order chi connectivity index (χ0) is 24.2. The molecule has 2 aliphatic heterocycles. The molecular weight excluding hydrogens is 442 g/mol. The molecule has 4 rings (SSSR count). The molecule has 0 spiro atoms. The van der Waals surface area contributed by atoms with E-state index in [1.54, 1.807) is 20.8 Å². The van der Waals surface area contributed by atoms with Crippen LogP contribution >= 0.6 is 11.3 Å². The molecule has 2 atom stereocenters. The van der Waals surface area contributed by atoms with Crippen molar-refractivity contribution in [3.05, 3.63) is 34.7 Å². The molecule has 2 fully saturated rings. The zero-order valence-electron chi connectivity index (χ0n) is 20.3. The summed E-state index contributed by atoms with van der Waals surface area (Å²) in [5, 5.41) is 2.66. The van der Waals surface area contributed by atoms with Crippen molar-refractivity contribution in [2.45, 2.75) is 83.9 Å². The van der Waals surface area contributed by atoms with Crippen molar-refractivity contribution in [1.29, 1.82) is 0 Å². The van der Waals surface area contributed by atoms with Gasteiger partial charge in [0.25, 0.3) is 0 Å². The first-order valence-electron chi connectivity index (χ1n) is 11.3. The Bertz CT molecular complexity index is 1000. The van der Waals surface area contributed by atoms with Gasteiger partial charge in [-0.25, -0.2) is 14.2 Å². The second-order valence-corrected chi connectivity index (χ2v) is 11.7. The van der Waals surface area contributed by atoms with Gasteiger partial charge in [0.15, 0.2) is 0 Å². The molecule has 6 nitrogen and oxygen atoms in total. The number of alkyl halides is 1. The van der Waals surface area contributed by atoms with E-state index in [0.29, 0.717) is 5.01 Å². The maximum atomic E-state index is 14.2. The minimum Gasteiger partial charge on any atom is -0.444 e. The van der Waals surface area contributed by atoms with Crippen LogP contribution in [0.2, 0.25) is 0 Å². The molecule has 33 heavy (non-hydrogen) atoms. The van der Waals surface area contributed by atoms with Crippen molar-refractivity contribution in [3.8, 4) is 11.3 Å². The van der Waals surface area contributed by atoms with E-state index in [4.69, 9.17) is 19.0 Å². The lowest BCUT2D eigenvalue weighted by atomic mass is 9.79. The Kier molecular flexibility index (Phi) is 6.12. The summed E-state index contributed by atoms with van der Waals surface area (Å²) in [6.45, 7) is 13.6. The van der Waals surface area contributed by atoms with Gasteiger partial charge in [-0.3, -0.25) is 4.90 Å². The number of amides is 1. The summed E-state index contributed by atoms with van der Waals surface area (Å²) in [6.07, 6.45) is -1.36. The number of rotatable bonds is 3. The summed E-state index contributed by atoms with van der Waals surface area (Å²) >= 11 is 1.44. The molecule has 0 unspecified atom stereocenters. The average Bonchev–Trinajstić information content (AvgIpc) is 3.37. The molecule has 2 saturated heterocycles. The summed E-state index contributed by atoms with van der Waals surface area (Å²) in [7, 11) is -0.419. The van der Waals surface area contributed by atoms with Crippen LogP contribution in [0.1, 0.15) is 65.9 Å².